The Kier molecular flexibility index (Phi) is 6.56. The van der Waals surface area contributed by atoms with Crippen molar-refractivity contribution in [3.05, 3.63) is 83.6 Å². The molecule has 134 valence electrons. The van der Waals surface area contributed by atoms with Crippen LogP contribution in [-0.4, -0.2) is 20.9 Å². The zero-order valence-corrected chi connectivity index (χ0v) is 15.5. The molecule has 0 aliphatic heterocycles. The summed E-state index contributed by atoms with van der Waals surface area (Å²) in [6, 6.07) is 21.0. The lowest BCUT2D eigenvalue weighted by Crippen LogP contribution is -1.93. The molecule has 0 aliphatic carbocycles. The van der Waals surface area contributed by atoms with Crippen molar-refractivity contribution in [2.24, 2.45) is 0 Å². The van der Waals surface area contributed by atoms with Gasteiger partial charge in [-0.15, -0.1) is 11.8 Å². The van der Waals surface area contributed by atoms with Crippen LogP contribution in [0.1, 0.15) is 23.1 Å². The monoisotopic (exact) mass is 365 g/mol. The molecule has 2 aromatic carbocycles. The fourth-order valence-electron chi connectivity index (χ4n) is 2.78. The lowest BCUT2D eigenvalue weighted by atomic mass is 10.0. The summed E-state index contributed by atoms with van der Waals surface area (Å²) in [7, 11) is 0. The smallest absolute Gasteiger partial charge is 0.254 e. The van der Waals surface area contributed by atoms with E-state index in [4.69, 9.17) is 0 Å². The van der Waals surface area contributed by atoms with Gasteiger partial charge in [0.25, 0.3) is 5.88 Å². The summed E-state index contributed by atoms with van der Waals surface area (Å²) < 4.78 is 0. The molecule has 1 aromatic heterocycles. The standard InChI is InChI=1S/C22H23NO2S/c24-21-15-20(16-23-22(21)25)26-14-4-7-18-9-12-19(13-10-18)11-8-17-5-2-1-3-6-17/h1-3,5-6,9-10,12-13,15-16,24H,4,7-8,11,14H2,(H,23,25). The molecule has 0 aliphatic rings. The molecule has 3 aromatic rings. The SMILES string of the molecule is Oc1cc(SCCCc2ccc(CCc3ccccc3)cc2)cnc1O. The third-order valence-electron chi connectivity index (χ3n) is 4.27. The number of aromatic hydroxyl groups is 2. The fraction of sp³-hybridized carbons (Fsp3) is 0.227. The third kappa shape index (κ3) is 5.53. The summed E-state index contributed by atoms with van der Waals surface area (Å²) in [5.41, 5.74) is 4.10. The lowest BCUT2D eigenvalue weighted by Gasteiger charge is -2.06. The Hall–Kier alpha value is -2.46. The molecule has 3 rings (SSSR count). The zero-order chi connectivity index (χ0) is 18.2. The highest BCUT2D eigenvalue weighted by atomic mass is 32.2. The van der Waals surface area contributed by atoms with Crippen molar-refractivity contribution < 1.29 is 10.2 Å². The number of hydrogen-bond acceptors (Lipinski definition) is 4. The maximum Gasteiger partial charge on any atom is 0.254 e. The van der Waals surface area contributed by atoms with Crippen LogP contribution in [-0.2, 0) is 19.3 Å². The molecule has 0 atom stereocenters. The van der Waals surface area contributed by atoms with Crippen LogP contribution in [0.3, 0.4) is 0 Å². The van der Waals surface area contributed by atoms with Gasteiger partial charge >= 0.3 is 0 Å². The predicted octanol–water partition coefficient (Wildman–Crippen LogP) is 5.00. The van der Waals surface area contributed by atoms with Gasteiger partial charge in [-0.3, -0.25) is 0 Å². The number of nitrogens with zero attached hydrogens (tertiary/aromatic N) is 1. The molecule has 0 bridgehead atoms. The van der Waals surface area contributed by atoms with E-state index in [0.717, 1.165) is 36.3 Å². The average Bonchev–Trinajstić information content (AvgIpc) is 2.68. The van der Waals surface area contributed by atoms with Gasteiger partial charge in [0.15, 0.2) is 5.75 Å². The molecule has 26 heavy (non-hydrogen) atoms. The van der Waals surface area contributed by atoms with Crippen LogP contribution in [0.25, 0.3) is 0 Å². The Bertz CT molecular complexity index is 819. The summed E-state index contributed by atoms with van der Waals surface area (Å²) in [5.74, 6) is 0.463. The number of aromatic nitrogens is 1. The summed E-state index contributed by atoms with van der Waals surface area (Å²) in [5, 5.41) is 18.7. The first-order valence-corrected chi connectivity index (χ1v) is 9.82. The van der Waals surface area contributed by atoms with Gasteiger partial charge in [-0.25, -0.2) is 4.98 Å². The van der Waals surface area contributed by atoms with Crippen molar-refractivity contribution in [3.8, 4) is 11.6 Å². The Morgan fingerprint density at radius 2 is 1.38 bits per heavy atom. The van der Waals surface area contributed by atoms with E-state index in [0.29, 0.717) is 0 Å². The van der Waals surface area contributed by atoms with Crippen LogP contribution in [0.2, 0.25) is 0 Å². The summed E-state index contributed by atoms with van der Waals surface area (Å²) in [6.45, 7) is 0. The van der Waals surface area contributed by atoms with Crippen LogP contribution in [0, 0.1) is 0 Å². The molecule has 0 amide bonds. The minimum absolute atomic E-state index is 0.166. The van der Waals surface area contributed by atoms with E-state index >= 15 is 0 Å². The highest BCUT2D eigenvalue weighted by molar-refractivity contribution is 7.99. The first-order valence-electron chi connectivity index (χ1n) is 8.83. The molecular weight excluding hydrogens is 342 g/mol. The molecule has 0 saturated carbocycles. The minimum Gasteiger partial charge on any atom is -0.503 e. The second kappa shape index (κ2) is 9.30. The average molecular weight is 365 g/mol. The number of thioether (sulfide) groups is 1. The van der Waals surface area contributed by atoms with Gasteiger partial charge in [-0.05, 0) is 48.1 Å². The van der Waals surface area contributed by atoms with Gasteiger partial charge in [0, 0.05) is 17.2 Å². The first-order chi connectivity index (χ1) is 12.7. The first kappa shape index (κ1) is 18.3. The van der Waals surface area contributed by atoms with E-state index in [9.17, 15) is 10.2 Å². The Morgan fingerprint density at radius 3 is 2.04 bits per heavy atom. The predicted molar refractivity (Wildman–Crippen MR) is 107 cm³/mol. The fourth-order valence-corrected chi connectivity index (χ4v) is 3.63. The molecule has 2 N–H and O–H groups in total. The van der Waals surface area contributed by atoms with Gasteiger partial charge in [0.1, 0.15) is 0 Å². The largest absolute Gasteiger partial charge is 0.503 e. The van der Waals surface area contributed by atoms with E-state index < -0.39 is 0 Å². The Labute approximate surface area is 158 Å². The molecule has 3 nitrogen and oxygen atoms in total. The van der Waals surface area contributed by atoms with E-state index in [1.807, 2.05) is 0 Å². The highest BCUT2D eigenvalue weighted by Crippen LogP contribution is 2.28. The van der Waals surface area contributed by atoms with Gasteiger partial charge in [-0.1, -0.05) is 54.6 Å². The zero-order valence-electron chi connectivity index (χ0n) is 14.6. The highest BCUT2D eigenvalue weighted by Gasteiger charge is 2.03. The molecule has 4 heteroatoms. The minimum atomic E-state index is -0.318. The number of rotatable bonds is 8. The van der Waals surface area contributed by atoms with E-state index in [1.165, 1.54) is 16.7 Å². The van der Waals surface area contributed by atoms with E-state index in [1.54, 1.807) is 24.0 Å². The van der Waals surface area contributed by atoms with Gasteiger partial charge in [-0.2, -0.15) is 0 Å². The molecular formula is C22H23NO2S. The van der Waals surface area contributed by atoms with E-state index in [2.05, 4.69) is 59.6 Å². The number of aryl methyl sites for hydroxylation is 3. The van der Waals surface area contributed by atoms with Crippen molar-refractivity contribution in [1.29, 1.82) is 0 Å². The molecule has 0 saturated heterocycles. The lowest BCUT2D eigenvalue weighted by molar-refractivity contribution is 0.387. The number of benzene rings is 2. The van der Waals surface area contributed by atoms with Gasteiger partial charge in [0.05, 0.1) is 0 Å². The van der Waals surface area contributed by atoms with Crippen molar-refractivity contribution in [2.45, 2.75) is 30.6 Å². The van der Waals surface area contributed by atoms with Gasteiger partial charge in [0.2, 0.25) is 0 Å². The van der Waals surface area contributed by atoms with Crippen LogP contribution >= 0.6 is 11.8 Å². The quantitative estimate of drug-likeness (QED) is 0.435. The second-order valence-electron chi connectivity index (χ2n) is 6.27. The maximum atomic E-state index is 9.45. The van der Waals surface area contributed by atoms with Crippen LogP contribution < -0.4 is 0 Å². The van der Waals surface area contributed by atoms with Crippen LogP contribution in [0.4, 0.5) is 0 Å². The summed E-state index contributed by atoms with van der Waals surface area (Å²) in [4.78, 5) is 4.62. The van der Waals surface area contributed by atoms with E-state index in [-0.39, 0.29) is 11.6 Å². The molecule has 1 heterocycles. The van der Waals surface area contributed by atoms with Crippen molar-refractivity contribution in [3.63, 3.8) is 0 Å². The Balaban J connectivity index is 1.40. The van der Waals surface area contributed by atoms with Crippen LogP contribution in [0.5, 0.6) is 11.6 Å². The molecule has 0 radical (unpaired) electrons. The Morgan fingerprint density at radius 1 is 0.769 bits per heavy atom. The second-order valence-corrected chi connectivity index (χ2v) is 7.44. The molecule has 0 unspecified atom stereocenters. The van der Waals surface area contributed by atoms with Gasteiger partial charge < -0.3 is 10.2 Å². The summed E-state index contributed by atoms with van der Waals surface area (Å²) in [6.07, 6.45) is 5.81. The summed E-state index contributed by atoms with van der Waals surface area (Å²) >= 11 is 1.64. The topological polar surface area (TPSA) is 53.4 Å². The van der Waals surface area contributed by atoms with Crippen LogP contribution in [0.15, 0.2) is 71.8 Å². The molecule has 0 fully saturated rings. The van der Waals surface area contributed by atoms with Crippen molar-refractivity contribution in [2.75, 3.05) is 5.75 Å². The number of pyridine rings is 1. The number of hydrogen-bond donors (Lipinski definition) is 2. The third-order valence-corrected chi connectivity index (χ3v) is 5.32. The molecule has 0 spiro atoms. The maximum absolute atomic E-state index is 9.45. The van der Waals surface area contributed by atoms with Crippen molar-refractivity contribution >= 4 is 11.8 Å². The van der Waals surface area contributed by atoms with Crippen molar-refractivity contribution in [1.82, 2.24) is 4.98 Å². The normalized spacial score (nSPS) is 10.8.